The van der Waals surface area contributed by atoms with Gasteiger partial charge in [0.05, 0.1) is 11.8 Å². The predicted molar refractivity (Wildman–Crippen MR) is 94.4 cm³/mol. The smallest absolute Gasteiger partial charge is 0.257 e. The van der Waals surface area contributed by atoms with Crippen LogP contribution in [0.1, 0.15) is 35.4 Å². The molecule has 0 N–H and O–H groups in total. The lowest BCUT2D eigenvalue weighted by Gasteiger charge is -2.34. The molecule has 2 aromatic rings. The Balaban J connectivity index is 1.33. The maximum atomic E-state index is 12.6. The number of likely N-dealkylation sites (tertiary alicyclic amines) is 1. The van der Waals surface area contributed by atoms with Crippen molar-refractivity contribution in [2.75, 3.05) is 31.1 Å². The van der Waals surface area contributed by atoms with Gasteiger partial charge >= 0.3 is 0 Å². The molecule has 1 atom stereocenters. The lowest BCUT2D eigenvalue weighted by molar-refractivity contribution is 0.0779. The Hall–Kier alpha value is -2.37. The molecule has 0 bridgehead atoms. The summed E-state index contributed by atoms with van der Waals surface area (Å²) in [7, 11) is 0. The van der Waals surface area contributed by atoms with Gasteiger partial charge in [0.1, 0.15) is 5.76 Å². The molecule has 2 aliphatic heterocycles. The van der Waals surface area contributed by atoms with E-state index in [0.717, 1.165) is 51.4 Å². The van der Waals surface area contributed by atoms with Crippen molar-refractivity contribution in [3.05, 3.63) is 42.1 Å². The molecule has 0 saturated carbocycles. The maximum absolute atomic E-state index is 12.6. The quantitative estimate of drug-likeness (QED) is 0.860. The van der Waals surface area contributed by atoms with Crippen LogP contribution in [0.4, 0.5) is 5.95 Å². The van der Waals surface area contributed by atoms with Crippen LogP contribution in [0.25, 0.3) is 0 Å². The van der Waals surface area contributed by atoms with Gasteiger partial charge < -0.3 is 14.2 Å². The van der Waals surface area contributed by atoms with Crippen LogP contribution in [-0.2, 0) is 0 Å². The van der Waals surface area contributed by atoms with Crippen LogP contribution >= 0.6 is 0 Å². The second-order valence-corrected chi connectivity index (χ2v) is 7.06. The number of aryl methyl sites for hydroxylation is 1. The second kappa shape index (κ2) is 6.86. The van der Waals surface area contributed by atoms with Crippen LogP contribution in [0.2, 0.25) is 0 Å². The summed E-state index contributed by atoms with van der Waals surface area (Å²) in [4.78, 5) is 25.6. The molecule has 2 saturated heterocycles. The summed E-state index contributed by atoms with van der Waals surface area (Å²) in [6, 6.07) is 3.63. The molecule has 4 rings (SSSR count). The van der Waals surface area contributed by atoms with Crippen LogP contribution in [0.5, 0.6) is 0 Å². The lowest BCUT2D eigenvalue weighted by atomic mass is 9.84. The van der Waals surface area contributed by atoms with Gasteiger partial charge in [-0.25, -0.2) is 9.97 Å². The molecule has 0 unspecified atom stereocenters. The second-order valence-electron chi connectivity index (χ2n) is 7.06. The minimum atomic E-state index is 0.115. The van der Waals surface area contributed by atoms with E-state index in [-0.39, 0.29) is 5.91 Å². The van der Waals surface area contributed by atoms with Gasteiger partial charge in [0.15, 0.2) is 0 Å². The van der Waals surface area contributed by atoms with E-state index in [1.54, 1.807) is 24.7 Å². The molecule has 132 valence electrons. The number of rotatable bonds is 3. The van der Waals surface area contributed by atoms with Crippen molar-refractivity contribution >= 4 is 11.9 Å². The Labute approximate surface area is 147 Å². The molecular weight excluding hydrogens is 316 g/mol. The highest BCUT2D eigenvalue weighted by Crippen LogP contribution is 2.33. The van der Waals surface area contributed by atoms with E-state index >= 15 is 0 Å². The first kappa shape index (κ1) is 16.1. The number of furan rings is 1. The number of hydrogen-bond donors (Lipinski definition) is 0. The topological polar surface area (TPSA) is 62.5 Å². The monoisotopic (exact) mass is 340 g/mol. The van der Waals surface area contributed by atoms with E-state index in [1.807, 2.05) is 17.9 Å². The van der Waals surface area contributed by atoms with Crippen molar-refractivity contribution < 1.29 is 9.21 Å². The summed E-state index contributed by atoms with van der Waals surface area (Å²) in [5, 5.41) is 0. The SMILES string of the molecule is Cc1occc1C(=O)N1CC[C@@H](C2CCN(c3ncccn3)CC2)C1. The summed E-state index contributed by atoms with van der Waals surface area (Å²) >= 11 is 0. The van der Waals surface area contributed by atoms with E-state index in [9.17, 15) is 4.79 Å². The Kier molecular flexibility index (Phi) is 4.42. The highest BCUT2D eigenvalue weighted by Gasteiger charge is 2.34. The molecule has 6 nitrogen and oxygen atoms in total. The molecule has 2 fully saturated rings. The number of anilines is 1. The van der Waals surface area contributed by atoms with Gasteiger partial charge in [0.25, 0.3) is 5.91 Å². The van der Waals surface area contributed by atoms with Crippen LogP contribution in [0.15, 0.2) is 35.2 Å². The first-order chi connectivity index (χ1) is 12.2. The van der Waals surface area contributed by atoms with Crippen molar-refractivity contribution in [2.45, 2.75) is 26.2 Å². The van der Waals surface area contributed by atoms with Crippen molar-refractivity contribution in [1.29, 1.82) is 0 Å². The molecule has 4 heterocycles. The van der Waals surface area contributed by atoms with E-state index in [2.05, 4.69) is 14.9 Å². The fourth-order valence-corrected chi connectivity index (χ4v) is 4.16. The molecular formula is C19H24N4O2. The summed E-state index contributed by atoms with van der Waals surface area (Å²) in [6.07, 6.45) is 8.59. The highest BCUT2D eigenvalue weighted by molar-refractivity contribution is 5.95. The minimum Gasteiger partial charge on any atom is -0.469 e. The van der Waals surface area contributed by atoms with Crippen LogP contribution in [-0.4, -0.2) is 47.0 Å². The largest absolute Gasteiger partial charge is 0.469 e. The Morgan fingerprint density at radius 3 is 2.52 bits per heavy atom. The number of carbonyl (C=O) groups excluding carboxylic acids is 1. The maximum Gasteiger partial charge on any atom is 0.257 e. The zero-order valence-corrected chi connectivity index (χ0v) is 14.6. The summed E-state index contributed by atoms with van der Waals surface area (Å²) in [5.41, 5.74) is 0.705. The number of carbonyl (C=O) groups is 1. The number of aromatic nitrogens is 2. The average molecular weight is 340 g/mol. The third kappa shape index (κ3) is 3.25. The van der Waals surface area contributed by atoms with Crippen LogP contribution in [0, 0.1) is 18.8 Å². The van der Waals surface area contributed by atoms with Crippen LogP contribution in [0.3, 0.4) is 0 Å². The van der Waals surface area contributed by atoms with Crippen LogP contribution < -0.4 is 4.90 Å². The van der Waals surface area contributed by atoms with E-state index in [4.69, 9.17) is 4.42 Å². The normalized spacial score (nSPS) is 21.7. The Bertz CT molecular complexity index is 722. The number of nitrogens with zero attached hydrogens (tertiary/aromatic N) is 4. The van der Waals surface area contributed by atoms with Crippen molar-refractivity contribution in [1.82, 2.24) is 14.9 Å². The third-order valence-corrected chi connectivity index (χ3v) is 5.64. The zero-order chi connectivity index (χ0) is 17.2. The van der Waals surface area contributed by atoms with E-state index < -0.39 is 0 Å². The minimum absolute atomic E-state index is 0.115. The first-order valence-corrected chi connectivity index (χ1v) is 9.07. The average Bonchev–Trinajstić information content (AvgIpc) is 3.31. The molecule has 25 heavy (non-hydrogen) atoms. The molecule has 2 aromatic heterocycles. The molecule has 0 spiro atoms. The zero-order valence-electron chi connectivity index (χ0n) is 14.6. The Morgan fingerprint density at radius 2 is 1.84 bits per heavy atom. The summed E-state index contributed by atoms with van der Waals surface area (Å²) in [6.45, 7) is 5.58. The molecule has 0 radical (unpaired) electrons. The van der Waals surface area contributed by atoms with Gasteiger partial charge in [-0.05, 0) is 50.2 Å². The van der Waals surface area contributed by atoms with Gasteiger partial charge in [-0.1, -0.05) is 0 Å². The van der Waals surface area contributed by atoms with Crippen molar-refractivity contribution in [2.24, 2.45) is 11.8 Å². The summed E-state index contributed by atoms with van der Waals surface area (Å²) < 4.78 is 5.28. The molecule has 2 aliphatic rings. The fourth-order valence-electron chi connectivity index (χ4n) is 4.16. The Morgan fingerprint density at radius 1 is 1.12 bits per heavy atom. The standard InChI is InChI=1S/C19H24N4O2/c1-14-17(6-12-25-14)18(24)23-11-5-16(13-23)15-3-9-22(10-4-15)19-20-7-2-8-21-19/h2,6-8,12,15-16H,3-5,9-11,13H2,1H3/t16-/m1/s1. The lowest BCUT2D eigenvalue weighted by Crippen LogP contribution is -2.38. The van der Waals surface area contributed by atoms with Gasteiger partial charge in [0, 0.05) is 38.6 Å². The number of piperidine rings is 1. The van der Waals surface area contributed by atoms with E-state index in [0.29, 0.717) is 23.2 Å². The third-order valence-electron chi connectivity index (χ3n) is 5.64. The molecule has 1 amide bonds. The first-order valence-electron chi connectivity index (χ1n) is 9.07. The van der Waals surface area contributed by atoms with E-state index in [1.165, 1.54) is 0 Å². The van der Waals surface area contributed by atoms with Gasteiger partial charge in [-0.15, -0.1) is 0 Å². The molecule has 0 aromatic carbocycles. The number of hydrogen-bond acceptors (Lipinski definition) is 5. The summed E-state index contributed by atoms with van der Waals surface area (Å²) in [5.74, 6) is 2.95. The van der Waals surface area contributed by atoms with Gasteiger partial charge in [-0.3, -0.25) is 4.79 Å². The number of amides is 1. The fraction of sp³-hybridized carbons (Fsp3) is 0.526. The van der Waals surface area contributed by atoms with Crippen molar-refractivity contribution in [3.8, 4) is 0 Å². The predicted octanol–water partition coefficient (Wildman–Crippen LogP) is 2.76. The van der Waals surface area contributed by atoms with Gasteiger partial charge in [0.2, 0.25) is 5.95 Å². The molecule has 6 heteroatoms. The van der Waals surface area contributed by atoms with Crippen molar-refractivity contribution in [3.63, 3.8) is 0 Å². The van der Waals surface area contributed by atoms with Gasteiger partial charge in [-0.2, -0.15) is 0 Å². The highest BCUT2D eigenvalue weighted by atomic mass is 16.3. The molecule has 0 aliphatic carbocycles.